The summed E-state index contributed by atoms with van der Waals surface area (Å²) in [5.74, 6) is 1.12. The molecular formula is C20H26FN7O. The van der Waals surface area contributed by atoms with Crippen LogP contribution in [0.5, 0.6) is 0 Å². The molecule has 9 heteroatoms. The van der Waals surface area contributed by atoms with Crippen molar-refractivity contribution in [3.8, 4) is 0 Å². The Morgan fingerprint density at radius 2 is 1.90 bits per heavy atom. The van der Waals surface area contributed by atoms with Gasteiger partial charge in [-0.25, -0.2) is 14.4 Å². The highest BCUT2D eigenvalue weighted by Crippen LogP contribution is 2.10. The third-order valence-corrected chi connectivity index (χ3v) is 4.67. The van der Waals surface area contributed by atoms with Gasteiger partial charge in [-0.3, -0.25) is 9.79 Å². The van der Waals surface area contributed by atoms with Crippen LogP contribution >= 0.6 is 0 Å². The van der Waals surface area contributed by atoms with Gasteiger partial charge in [-0.2, -0.15) is 0 Å². The predicted molar refractivity (Wildman–Crippen MR) is 110 cm³/mol. The van der Waals surface area contributed by atoms with Crippen LogP contribution in [-0.2, 0) is 11.3 Å². The summed E-state index contributed by atoms with van der Waals surface area (Å²) in [4.78, 5) is 29.1. The van der Waals surface area contributed by atoms with Crippen molar-refractivity contribution in [3.05, 3.63) is 54.1 Å². The molecule has 154 valence electrons. The van der Waals surface area contributed by atoms with Gasteiger partial charge in [0.15, 0.2) is 5.96 Å². The van der Waals surface area contributed by atoms with Crippen molar-refractivity contribution in [2.45, 2.75) is 13.0 Å². The van der Waals surface area contributed by atoms with Crippen LogP contribution in [0.4, 0.5) is 10.3 Å². The Bertz CT molecular complexity index is 823. The number of rotatable bonds is 6. The lowest BCUT2D eigenvalue weighted by Gasteiger charge is -2.34. The number of nitrogens with one attached hydrogen (secondary N) is 2. The molecule has 1 aromatic heterocycles. The fourth-order valence-corrected chi connectivity index (χ4v) is 3.11. The molecule has 0 atom stereocenters. The van der Waals surface area contributed by atoms with Crippen LogP contribution < -0.4 is 15.5 Å². The highest BCUT2D eigenvalue weighted by molar-refractivity contribution is 5.81. The molecular weight excluding hydrogens is 373 g/mol. The predicted octanol–water partition coefficient (Wildman–Crippen LogP) is 1.02. The molecule has 1 fully saturated rings. The van der Waals surface area contributed by atoms with E-state index in [1.165, 1.54) is 12.1 Å². The molecule has 1 amide bonds. The van der Waals surface area contributed by atoms with Crippen molar-refractivity contribution in [2.24, 2.45) is 4.99 Å². The summed E-state index contributed by atoms with van der Waals surface area (Å²) >= 11 is 0. The van der Waals surface area contributed by atoms with Crippen LogP contribution in [0.15, 0.2) is 47.7 Å². The minimum Gasteiger partial charge on any atom is -0.356 e. The lowest BCUT2D eigenvalue weighted by Crippen LogP contribution is -2.50. The molecule has 0 unspecified atom stereocenters. The van der Waals surface area contributed by atoms with Crippen molar-refractivity contribution in [3.63, 3.8) is 0 Å². The van der Waals surface area contributed by atoms with Gasteiger partial charge >= 0.3 is 0 Å². The molecule has 2 N–H and O–H groups in total. The number of aliphatic imine (C=N–C) groups is 1. The first-order valence-electron chi connectivity index (χ1n) is 9.64. The molecule has 1 aliphatic heterocycles. The van der Waals surface area contributed by atoms with Crippen LogP contribution in [0.2, 0.25) is 0 Å². The number of aromatic nitrogens is 2. The Labute approximate surface area is 169 Å². The van der Waals surface area contributed by atoms with E-state index in [0.717, 1.165) is 18.7 Å². The number of halogens is 1. The van der Waals surface area contributed by atoms with Gasteiger partial charge in [-0.15, -0.1) is 0 Å². The largest absolute Gasteiger partial charge is 0.356 e. The van der Waals surface area contributed by atoms with Crippen LogP contribution in [0.1, 0.15) is 12.0 Å². The molecule has 0 bridgehead atoms. The second-order valence-corrected chi connectivity index (χ2v) is 6.65. The van der Waals surface area contributed by atoms with Crippen molar-refractivity contribution >= 4 is 17.8 Å². The third-order valence-electron chi connectivity index (χ3n) is 4.67. The molecule has 3 rings (SSSR count). The van der Waals surface area contributed by atoms with Crippen molar-refractivity contribution in [1.29, 1.82) is 0 Å². The molecule has 0 saturated carbocycles. The maximum absolute atomic E-state index is 13.2. The van der Waals surface area contributed by atoms with E-state index in [0.29, 0.717) is 44.5 Å². The van der Waals surface area contributed by atoms with E-state index in [9.17, 15) is 9.18 Å². The van der Waals surface area contributed by atoms with Crippen LogP contribution in [-0.4, -0.2) is 66.5 Å². The van der Waals surface area contributed by atoms with Gasteiger partial charge in [0.2, 0.25) is 11.9 Å². The zero-order valence-corrected chi connectivity index (χ0v) is 16.5. The number of carbonyl (C=O) groups excluding carboxylic acids is 1. The smallest absolute Gasteiger partial charge is 0.225 e. The average molecular weight is 399 g/mol. The van der Waals surface area contributed by atoms with E-state index in [2.05, 4.69) is 30.5 Å². The van der Waals surface area contributed by atoms with Crippen molar-refractivity contribution in [1.82, 2.24) is 25.5 Å². The van der Waals surface area contributed by atoms with E-state index in [4.69, 9.17) is 0 Å². The van der Waals surface area contributed by atoms with Crippen LogP contribution in [0, 0.1) is 5.82 Å². The maximum Gasteiger partial charge on any atom is 0.225 e. The van der Waals surface area contributed by atoms with E-state index in [-0.39, 0.29) is 11.7 Å². The number of amides is 1. The Morgan fingerprint density at radius 1 is 1.14 bits per heavy atom. The fraction of sp³-hybridized carbons (Fsp3) is 0.400. The van der Waals surface area contributed by atoms with Gasteiger partial charge in [0.1, 0.15) is 5.82 Å². The first-order chi connectivity index (χ1) is 14.2. The molecule has 8 nitrogen and oxygen atoms in total. The lowest BCUT2D eigenvalue weighted by molar-refractivity contribution is -0.131. The molecule has 2 heterocycles. The number of carbonyl (C=O) groups is 1. The average Bonchev–Trinajstić information content (AvgIpc) is 2.76. The molecule has 1 aromatic carbocycles. The molecule has 0 aliphatic carbocycles. The van der Waals surface area contributed by atoms with Gasteiger partial charge < -0.3 is 20.4 Å². The highest BCUT2D eigenvalue weighted by Gasteiger charge is 2.22. The molecule has 29 heavy (non-hydrogen) atoms. The Balaban J connectivity index is 1.37. The molecule has 0 spiro atoms. The summed E-state index contributed by atoms with van der Waals surface area (Å²) in [6.45, 7) is 3.69. The summed E-state index contributed by atoms with van der Waals surface area (Å²) in [7, 11) is 1.66. The third kappa shape index (κ3) is 6.13. The number of hydrogen-bond donors (Lipinski definition) is 2. The number of piperazine rings is 1. The van der Waals surface area contributed by atoms with Gasteiger partial charge in [0.25, 0.3) is 0 Å². The standard InChI is InChI=1S/C20H26FN7O/c1-22-19(26-15-16-4-2-5-17(21)14-16)23-9-6-18(29)27-10-12-28(13-11-27)20-24-7-3-8-25-20/h2-5,7-8,14H,6,9-13,15H2,1H3,(H2,22,23,26). The minimum absolute atomic E-state index is 0.103. The van der Waals surface area contributed by atoms with E-state index >= 15 is 0 Å². The van der Waals surface area contributed by atoms with Gasteiger partial charge in [-0.05, 0) is 23.8 Å². The summed E-state index contributed by atoms with van der Waals surface area (Å²) in [5.41, 5.74) is 0.823. The first kappa shape index (κ1) is 20.5. The minimum atomic E-state index is -0.267. The lowest BCUT2D eigenvalue weighted by atomic mass is 10.2. The molecule has 2 aromatic rings. The zero-order valence-electron chi connectivity index (χ0n) is 16.5. The van der Waals surface area contributed by atoms with Crippen LogP contribution in [0.25, 0.3) is 0 Å². The fourth-order valence-electron chi connectivity index (χ4n) is 3.11. The maximum atomic E-state index is 13.2. The number of anilines is 1. The number of guanidine groups is 1. The Morgan fingerprint density at radius 3 is 2.59 bits per heavy atom. The van der Waals surface area contributed by atoms with E-state index in [1.807, 2.05) is 11.0 Å². The number of nitrogens with zero attached hydrogens (tertiary/aromatic N) is 5. The summed E-state index contributed by atoms with van der Waals surface area (Å²) < 4.78 is 13.2. The first-order valence-corrected chi connectivity index (χ1v) is 9.64. The van der Waals surface area contributed by atoms with Crippen molar-refractivity contribution < 1.29 is 9.18 Å². The molecule has 1 saturated heterocycles. The van der Waals surface area contributed by atoms with Gasteiger partial charge in [-0.1, -0.05) is 12.1 Å². The second-order valence-electron chi connectivity index (χ2n) is 6.65. The molecule has 1 aliphatic rings. The second kappa shape index (κ2) is 10.4. The van der Waals surface area contributed by atoms with Crippen molar-refractivity contribution in [2.75, 3.05) is 44.7 Å². The van der Waals surface area contributed by atoms with Gasteiger partial charge in [0, 0.05) is 65.1 Å². The monoisotopic (exact) mass is 399 g/mol. The Kier molecular flexibility index (Phi) is 7.32. The number of benzene rings is 1. The topological polar surface area (TPSA) is 85.8 Å². The van der Waals surface area contributed by atoms with E-state index in [1.54, 1.807) is 31.6 Å². The quantitative estimate of drug-likeness (QED) is 0.557. The van der Waals surface area contributed by atoms with Crippen LogP contribution in [0.3, 0.4) is 0 Å². The Hall–Kier alpha value is -3.23. The number of hydrogen-bond acceptors (Lipinski definition) is 5. The summed E-state index contributed by atoms with van der Waals surface area (Å²) in [6, 6.07) is 8.19. The van der Waals surface area contributed by atoms with Gasteiger partial charge in [0.05, 0.1) is 0 Å². The summed E-state index contributed by atoms with van der Waals surface area (Å²) in [5, 5.41) is 6.24. The molecule has 0 radical (unpaired) electrons. The SMILES string of the molecule is CN=C(NCCC(=O)N1CCN(c2ncccn2)CC1)NCc1cccc(F)c1. The normalized spacial score (nSPS) is 14.6. The highest BCUT2D eigenvalue weighted by atomic mass is 19.1. The zero-order chi connectivity index (χ0) is 20.5. The summed E-state index contributed by atoms with van der Waals surface area (Å²) in [6.07, 6.45) is 3.82. The van der Waals surface area contributed by atoms with E-state index < -0.39 is 0 Å².